The summed E-state index contributed by atoms with van der Waals surface area (Å²) in [5.41, 5.74) is 5.93. The number of pyridine rings is 1. The van der Waals surface area contributed by atoms with Gasteiger partial charge < -0.3 is 5.73 Å². The largest absolute Gasteiger partial charge is 0.384 e. The third kappa shape index (κ3) is 2.01. The van der Waals surface area contributed by atoms with E-state index in [-0.39, 0.29) is 5.84 Å². The maximum Gasteiger partial charge on any atom is 0.157 e. The van der Waals surface area contributed by atoms with Crippen molar-refractivity contribution in [2.24, 2.45) is 5.73 Å². The van der Waals surface area contributed by atoms with Crippen LogP contribution in [0.3, 0.4) is 0 Å². The highest BCUT2D eigenvalue weighted by atomic mass is 35.5. The monoisotopic (exact) mass is 249 g/mol. The molecule has 0 fully saturated rings. The summed E-state index contributed by atoms with van der Waals surface area (Å²) < 4.78 is 1.80. The number of nitrogens with one attached hydrogen (secondary N) is 1. The molecule has 2 rings (SSSR count). The van der Waals surface area contributed by atoms with Crippen LogP contribution < -0.4 is 5.73 Å². The molecule has 0 atom stereocenters. The average Bonchev–Trinajstić information content (AvgIpc) is 2.76. The van der Waals surface area contributed by atoms with Gasteiger partial charge in [0.1, 0.15) is 11.7 Å². The van der Waals surface area contributed by atoms with Gasteiger partial charge in [-0.05, 0) is 6.07 Å². The zero-order chi connectivity index (χ0) is 12.4. The molecule has 0 aromatic carbocycles. The second kappa shape index (κ2) is 4.55. The summed E-state index contributed by atoms with van der Waals surface area (Å²) in [6, 6.07) is 1.62. The number of hydrogen-bond acceptors (Lipinski definition) is 3. The molecular formula is C11H12ClN5. The number of rotatable bonds is 3. The van der Waals surface area contributed by atoms with E-state index in [2.05, 4.69) is 9.97 Å². The smallest absolute Gasteiger partial charge is 0.157 e. The van der Waals surface area contributed by atoms with Crippen LogP contribution in [-0.2, 0) is 6.42 Å². The molecule has 0 aliphatic carbocycles. The second-order valence-electron chi connectivity index (χ2n) is 3.48. The van der Waals surface area contributed by atoms with E-state index in [1.807, 2.05) is 6.92 Å². The van der Waals surface area contributed by atoms with Crippen molar-refractivity contribution in [1.29, 1.82) is 5.41 Å². The first-order valence-electron chi connectivity index (χ1n) is 5.16. The van der Waals surface area contributed by atoms with Crippen LogP contribution in [0.2, 0.25) is 5.02 Å². The van der Waals surface area contributed by atoms with Crippen molar-refractivity contribution in [2.45, 2.75) is 13.3 Å². The molecule has 5 nitrogen and oxygen atoms in total. The SMILES string of the molecule is CCc1nccn1-c1nccc(C(=N)N)c1Cl. The highest BCUT2D eigenvalue weighted by molar-refractivity contribution is 6.35. The normalized spacial score (nSPS) is 10.5. The van der Waals surface area contributed by atoms with Crippen LogP contribution in [0.1, 0.15) is 18.3 Å². The van der Waals surface area contributed by atoms with Crippen LogP contribution in [0, 0.1) is 5.41 Å². The first kappa shape index (κ1) is 11.6. The van der Waals surface area contributed by atoms with E-state index in [4.69, 9.17) is 22.7 Å². The Kier molecular flexibility index (Phi) is 3.10. The van der Waals surface area contributed by atoms with Crippen molar-refractivity contribution in [3.8, 4) is 5.82 Å². The lowest BCUT2D eigenvalue weighted by molar-refractivity contribution is 0.867. The molecule has 88 valence electrons. The van der Waals surface area contributed by atoms with Gasteiger partial charge in [-0.15, -0.1) is 0 Å². The summed E-state index contributed by atoms with van der Waals surface area (Å²) >= 11 is 6.19. The number of halogens is 1. The lowest BCUT2D eigenvalue weighted by Gasteiger charge is -2.10. The molecule has 0 saturated carbocycles. The molecule has 0 aliphatic heterocycles. The van der Waals surface area contributed by atoms with E-state index in [1.54, 1.807) is 29.2 Å². The van der Waals surface area contributed by atoms with Gasteiger partial charge in [0.2, 0.25) is 0 Å². The maximum atomic E-state index is 7.44. The zero-order valence-electron chi connectivity index (χ0n) is 9.31. The van der Waals surface area contributed by atoms with Gasteiger partial charge in [0.15, 0.2) is 5.82 Å². The molecule has 2 aromatic heterocycles. The van der Waals surface area contributed by atoms with Crippen LogP contribution >= 0.6 is 11.6 Å². The van der Waals surface area contributed by atoms with Gasteiger partial charge in [0.25, 0.3) is 0 Å². The maximum absolute atomic E-state index is 7.44. The summed E-state index contributed by atoms with van der Waals surface area (Å²) in [6.45, 7) is 2.00. The minimum atomic E-state index is -0.0724. The molecule has 17 heavy (non-hydrogen) atoms. The van der Waals surface area contributed by atoms with Gasteiger partial charge in [-0.2, -0.15) is 0 Å². The first-order chi connectivity index (χ1) is 8.15. The Morgan fingerprint density at radius 2 is 2.24 bits per heavy atom. The average molecular weight is 250 g/mol. The third-order valence-corrected chi connectivity index (χ3v) is 2.80. The summed E-state index contributed by atoms with van der Waals surface area (Å²) in [7, 11) is 0. The number of amidine groups is 1. The van der Waals surface area contributed by atoms with Crippen LogP contribution in [0.15, 0.2) is 24.7 Å². The number of aromatic nitrogens is 3. The molecule has 0 saturated heterocycles. The van der Waals surface area contributed by atoms with E-state index in [9.17, 15) is 0 Å². The summed E-state index contributed by atoms with van der Waals surface area (Å²) in [5, 5.41) is 7.81. The Labute approximate surface area is 104 Å². The lowest BCUT2D eigenvalue weighted by atomic mass is 10.2. The predicted octanol–water partition coefficient (Wildman–Crippen LogP) is 1.77. The number of hydrogen-bond donors (Lipinski definition) is 2. The Morgan fingerprint density at radius 1 is 1.47 bits per heavy atom. The van der Waals surface area contributed by atoms with Crippen LogP contribution in [0.5, 0.6) is 0 Å². The van der Waals surface area contributed by atoms with Crippen molar-refractivity contribution in [2.75, 3.05) is 0 Å². The van der Waals surface area contributed by atoms with E-state index >= 15 is 0 Å². The van der Waals surface area contributed by atoms with Crippen molar-refractivity contribution in [1.82, 2.24) is 14.5 Å². The molecule has 0 spiro atoms. The molecule has 0 bridgehead atoms. The van der Waals surface area contributed by atoms with E-state index in [0.29, 0.717) is 16.4 Å². The lowest BCUT2D eigenvalue weighted by Crippen LogP contribution is -2.14. The number of nitrogens with two attached hydrogens (primary N) is 1. The van der Waals surface area contributed by atoms with E-state index in [0.717, 1.165) is 12.2 Å². The molecule has 0 aliphatic rings. The fourth-order valence-electron chi connectivity index (χ4n) is 1.60. The summed E-state index contributed by atoms with van der Waals surface area (Å²) in [5.74, 6) is 1.34. The molecule has 0 unspecified atom stereocenters. The van der Waals surface area contributed by atoms with Crippen LogP contribution in [-0.4, -0.2) is 20.4 Å². The van der Waals surface area contributed by atoms with Crippen molar-refractivity contribution < 1.29 is 0 Å². The fraction of sp³-hybridized carbons (Fsp3) is 0.182. The van der Waals surface area contributed by atoms with E-state index in [1.165, 1.54) is 0 Å². The number of nitrogen functional groups attached to an aromatic ring is 1. The molecular weight excluding hydrogens is 238 g/mol. The van der Waals surface area contributed by atoms with Crippen molar-refractivity contribution in [3.05, 3.63) is 41.1 Å². The van der Waals surface area contributed by atoms with Gasteiger partial charge in [0.05, 0.1) is 5.02 Å². The number of aryl methyl sites for hydroxylation is 1. The fourth-order valence-corrected chi connectivity index (χ4v) is 1.90. The van der Waals surface area contributed by atoms with Gasteiger partial charge in [-0.25, -0.2) is 9.97 Å². The zero-order valence-corrected chi connectivity index (χ0v) is 10.1. The Hall–Kier alpha value is -1.88. The summed E-state index contributed by atoms with van der Waals surface area (Å²) in [4.78, 5) is 8.42. The Morgan fingerprint density at radius 3 is 2.88 bits per heavy atom. The van der Waals surface area contributed by atoms with Gasteiger partial charge in [-0.1, -0.05) is 18.5 Å². The topological polar surface area (TPSA) is 80.6 Å². The van der Waals surface area contributed by atoms with Crippen molar-refractivity contribution >= 4 is 17.4 Å². The van der Waals surface area contributed by atoms with Crippen LogP contribution in [0.4, 0.5) is 0 Å². The molecule has 2 aromatic rings. The molecule has 0 amide bonds. The Bertz CT molecular complexity index is 561. The minimum Gasteiger partial charge on any atom is -0.384 e. The highest BCUT2D eigenvalue weighted by Crippen LogP contribution is 2.23. The van der Waals surface area contributed by atoms with Crippen LogP contribution in [0.25, 0.3) is 5.82 Å². The first-order valence-corrected chi connectivity index (χ1v) is 5.54. The molecule has 3 N–H and O–H groups in total. The Balaban J connectivity index is 2.60. The van der Waals surface area contributed by atoms with Gasteiger partial charge in [-0.3, -0.25) is 9.98 Å². The predicted molar refractivity (Wildman–Crippen MR) is 66.8 cm³/mol. The standard InChI is InChI=1S/C11H12ClN5/c1-2-8-15-5-6-17(8)11-9(12)7(10(13)14)3-4-16-11/h3-6H,2H2,1H3,(H3,13,14). The molecule has 0 radical (unpaired) electrons. The minimum absolute atomic E-state index is 0.0724. The second-order valence-corrected chi connectivity index (χ2v) is 3.85. The number of imidazole rings is 1. The molecule has 6 heteroatoms. The van der Waals surface area contributed by atoms with Gasteiger partial charge in [0, 0.05) is 30.6 Å². The quantitative estimate of drug-likeness (QED) is 0.643. The third-order valence-electron chi connectivity index (χ3n) is 2.42. The van der Waals surface area contributed by atoms with Crippen molar-refractivity contribution in [3.63, 3.8) is 0 Å². The van der Waals surface area contributed by atoms with Gasteiger partial charge >= 0.3 is 0 Å². The van der Waals surface area contributed by atoms with E-state index < -0.39 is 0 Å². The summed E-state index contributed by atoms with van der Waals surface area (Å²) in [6.07, 6.45) is 5.83. The molecule has 2 heterocycles. The number of nitrogens with zero attached hydrogens (tertiary/aromatic N) is 3. The highest BCUT2D eigenvalue weighted by Gasteiger charge is 2.13.